The topological polar surface area (TPSA) is 61.3 Å². The molecule has 18 heavy (non-hydrogen) atoms. The summed E-state index contributed by atoms with van der Waals surface area (Å²) in [6, 6.07) is 4.66. The Kier molecular flexibility index (Phi) is 3.62. The third-order valence-corrected chi connectivity index (χ3v) is 2.31. The largest absolute Gasteiger partial charge is 0.488 e. The lowest BCUT2D eigenvalue weighted by atomic mass is 10.2. The second kappa shape index (κ2) is 5.18. The summed E-state index contributed by atoms with van der Waals surface area (Å²) in [6.07, 6.45) is 1.46. The number of hydrogen-bond acceptors (Lipinski definition) is 4. The number of halogens is 1. The third-order valence-electron chi connectivity index (χ3n) is 2.31. The number of hydrogen-bond donors (Lipinski definition) is 1. The molecule has 4 nitrogen and oxygen atoms in total. The summed E-state index contributed by atoms with van der Waals surface area (Å²) in [5.74, 6) is 0.720. The van der Waals surface area contributed by atoms with E-state index in [9.17, 15) is 4.39 Å². The van der Waals surface area contributed by atoms with Crippen LogP contribution in [0.4, 0.5) is 4.39 Å². The fourth-order valence-electron chi connectivity index (χ4n) is 1.54. The molecule has 0 atom stereocenters. The van der Waals surface area contributed by atoms with Crippen LogP contribution in [0, 0.1) is 5.82 Å². The molecule has 0 fully saturated rings. The minimum Gasteiger partial charge on any atom is -0.488 e. The van der Waals surface area contributed by atoms with E-state index in [0.29, 0.717) is 17.2 Å². The summed E-state index contributed by atoms with van der Waals surface area (Å²) in [6.45, 7) is 3.91. The van der Waals surface area contributed by atoms with Crippen molar-refractivity contribution in [3.8, 4) is 17.1 Å². The average molecular weight is 250 g/mol. The first-order valence-electron chi connectivity index (χ1n) is 5.71. The minimum absolute atomic E-state index is 0.0699. The van der Waals surface area contributed by atoms with E-state index in [0.717, 1.165) is 0 Å². The van der Waals surface area contributed by atoms with E-state index in [1.807, 2.05) is 13.8 Å². The first-order chi connectivity index (χ1) is 8.60. The molecular weight excluding hydrogens is 235 g/mol. The van der Waals surface area contributed by atoms with Gasteiger partial charge in [0.05, 0.1) is 18.8 Å². The third kappa shape index (κ3) is 2.68. The summed E-state index contributed by atoms with van der Waals surface area (Å²) in [7, 11) is 0. The zero-order valence-corrected chi connectivity index (χ0v) is 10.3. The van der Waals surface area contributed by atoms with Gasteiger partial charge in [-0.2, -0.15) is 0 Å². The van der Waals surface area contributed by atoms with Gasteiger partial charge in [0.1, 0.15) is 0 Å². The molecule has 2 aromatic rings. The molecule has 1 aromatic heterocycles. The Labute approximate surface area is 105 Å². The smallest absolute Gasteiger partial charge is 0.208 e. The monoisotopic (exact) mass is 250 g/mol. The van der Waals surface area contributed by atoms with Crippen molar-refractivity contribution < 1.29 is 13.5 Å². The number of nitrogens with two attached hydrogens (primary N) is 1. The Morgan fingerprint density at radius 3 is 2.78 bits per heavy atom. The Balaban J connectivity index is 2.28. The van der Waals surface area contributed by atoms with Crippen molar-refractivity contribution in [2.24, 2.45) is 5.73 Å². The van der Waals surface area contributed by atoms with Crippen molar-refractivity contribution in [2.45, 2.75) is 26.5 Å². The van der Waals surface area contributed by atoms with Crippen molar-refractivity contribution in [1.29, 1.82) is 0 Å². The van der Waals surface area contributed by atoms with E-state index in [1.54, 1.807) is 12.1 Å². The van der Waals surface area contributed by atoms with Gasteiger partial charge in [0.2, 0.25) is 5.89 Å². The average Bonchev–Trinajstić information content (AvgIpc) is 2.80. The van der Waals surface area contributed by atoms with Gasteiger partial charge < -0.3 is 14.9 Å². The van der Waals surface area contributed by atoms with Crippen LogP contribution >= 0.6 is 0 Å². The number of benzene rings is 1. The molecule has 2 rings (SSSR count). The summed E-state index contributed by atoms with van der Waals surface area (Å²) < 4.78 is 24.4. The zero-order valence-electron chi connectivity index (χ0n) is 10.3. The standard InChI is InChI=1S/C13H15FN2O2/c1-8(2)17-11-4-3-9(5-10(11)14)12-7-16-13(6-15)18-12/h3-5,7-8H,6,15H2,1-2H3. The SMILES string of the molecule is CC(C)Oc1ccc(-c2cnc(CN)o2)cc1F. The Morgan fingerprint density at radius 2 is 2.22 bits per heavy atom. The van der Waals surface area contributed by atoms with Gasteiger partial charge in [-0.3, -0.25) is 0 Å². The summed E-state index contributed by atoms with van der Waals surface area (Å²) in [5, 5.41) is 0. The highest BCUT2D eigenvalue weighted by Crippen LogP contribution is 2.26. The Hall–Kier alpha value is -1.88. The van der Waals surface area contributed by atoms with E-state index in [-0.39, 0.29) is 18.4 Å². The Bertz CT molecular complexity index is 538. The number of oxazole rings is 1. The molecule has 0 amide bonds. The second-order valence-electron chi connectivity index (χ2n) is 4.13. The summed E-state index contributed by atoms with van der Waals surface area (Å²) in [5.41, 5.74) is 6.01. The molecule has 96 valence electrons. The highest BCUT2D eigenvalue weighted by atomic mass is 19.1. The molecule has 5 heteroatoms. The van der Waals surface area contributed by atoms with Crippen molar-refractivity contribution in [3.05, 3.63) is 36.1 Å². The molecule has 0 saturated heterocycles. The first-order valence-corrected chi connectivity index (χ1v) is 5.71. The molecule has 0 aliphatic rings. The zero-order chi connectivity index (χ0) is 13.1. The van der Waals surface area contributed by atoms with Gasteiger partial charge in [0, 0.05) is 5.56 Å². The lowest BCUT2D eigenvalue weighted by molar-refractivity contribution is 0.231. The molecule has 1 heterocycles. The van der Waals surface area contributed by atoms with Crippen LogP contribution in [0.3, 0.4) is 0 Å². The van der Waals surface area contributed by atoms with Crippen molar-refractivity contribution in [3.63, 3.8) is 0 Å². The van der Waals surface area contributed by atoms with Crippen molar-refractivity contribution in [1.82, 2.24) is 4.98 Å². The lowest BCUT2D eigenvalue weighted by Crippen LogP contribution is -2.06. The molecular formula is C13H15FN2O2. The maximum atomic E-state index is 13.8. The second-order valence-corrected chi connectivity index (χ2v) is 4.13. The molecule has 1 aromatic carbocycles. The molecule has 0 saturated carbocycles. The van der Waals surface area contributed by atoms with Gasteiger partial charge in [-0.1, -0.05) is 0 Å². The fraction of sp³-hybridized carbons (Fsp3) is 0.308. The van der Waals surface area contributed by atoms with Crippen LogP contribution in [0.1, 0.15) is 19.7 Å². The predicted molar refractivity (Wildman–Crippen MR) is 65.6 cm³/mol. The van der Waals surface area contributed by atoms with Gasteiger partial charge in [-0.05, 0) is 32.0 Å². The normalized spacial score (nSPS) is 10.9. The van der Waals surface area contributed by atoms with Crippen LogP contribution < -0.4 is 10.5 Å². The maximum Gasteiger partial charge on any atom is 0.208 e. The van der Waals surface area contributed by atoms with Crippen LogP contribution in [0.15, 0.2) is 28.8 Å². The molecule has 0 bridgehead atoms. The van der Waals surface area contributed by atoms with E-state index >= 15 is 0 Å². The van der Waals surface area contributed by atoms with Crippen LogP contribution in [0.2, 0.25) is 0 Å². The van der Waals surface area contributed by atoms with Crippen LogP contribution in [0.5, 0.6) is 5.75 Å². The van der Waals surface area contributed by atoms with Crippen LogP contribution in [-0.4, -0.2) is 11.1 Å². The molecule has 0 aliphatic heterocycles. The number of rotatable bonds is 4. The highest BCUT2D eigenvalue weighted by molar-refractivity contribution is 5.57. The van der Waals surface area contributed by atoms with Crippen LogP contribution in [-0.2, 0) is 6.54 Å². The van der Waals surface area contributed by atoms with E-state index in [4.69, 9.17) is 14.9 Å². The molecule has 0 aliphatic carbocycles. The van der Waals surface area contributed by atoms with Gasteiger partial charge in [-0.15, -0.1) is 0 Å². The first kappa shape index (κ1) is 12.6. The predicted octanol–water partition coefficient (Wildman–Crippen LogP) is 2.73. The maximum absolute atomic E-state index is 13.8. The van der Waals surface area contributed by atoms with Gasteiger partial charge >= 0.3 is 0 Å². The molecule has 0 spiro atoms. The number of aromatic nitrogens is 1. The van der Waals surface area contributed by atoms with E-state index in [1.165, 1.54) is 12.3 Å². The number of ether oxygens (including phenoxy) is 1. The molecule has 2 N–H and O–H groups in total. The summed E-state index contributed by atoms with van der Waals surface area (Å²) in [4.78, 5) is 3.97. The van der Waals surface area contributed by atoms with Gasteiger partial charge in [0.25, 0.3) is 0 Å². The van der Waals surface area contributed by atoms with Gasteiger partial charge in [0.15, 0.2) is 17.3 Å². The van der Waals surface area contributed by atoms with Gasteiger partial charge in [-0.25, -0.2) is 9.37 Å². The minimum atomic E-state index is -0.424. The van der Waals surface area contributed by atoms with E-state index < -0.39 is 5.82 Å². The molecule has 0 radical (unpaired) electrons. The summed E-state index contributed by atoms with van der Waals surface area (Å²) >= 11 is 0. The van der Waals surface area contributed by atoms with E-state index in [2.05, 4.69) is 4.98 Å². The number of nitrogens with zero attached hydrogens (tertiary/aromatic N) is 1. The highest BCUT2D eigenvalue weighted by Gasteiger charge is 2.10. The van der Waals surface area contributed by atoms with Crippen molar-refractivity contribution >= 4 is 0 Å². The fourth-order valence-corrected chi connectivity index (χ4v) is 1.54. The Morgan fingerprint density at radius 1 is 1.44 bits per heavy atom. The quantitative estimate of drug-likeness (QED) is 0.906. The lowest BCUT2D eigenvalue weighted by Gasteiger charge is -2.10. The van der Waals surface area contributed by atoms with Crippen LogP contribution in [0.25, 0.3) is 11.3 Å². The molecule has 0 unspecified atom stereocenters. The van der Waals surface area contributed by atoms with Crippen molar-refractivity contribution in [2.75, 3.05) is 0 Å².